The van der Waals surface area contributed by atoms with Gasteiger partial charge in [0, 0.05) is 55.5 Å². The van der Waals surface area contributed by atoms with E-state index in [1.807, 2.05) is 49.6 Å². The van der Waals surface area contributed by atoms with E-state index in [4.69, 9.17) is 19.4 Å². The van der Waals surface area contributed by atoms with Crippen molar-refractivity contribution in [3.63, 3.8) is 0 Å². The molecular weight excluding hydrogens is 418 g/mol. The van der Waals surface area contributed by atoms with Gasteiger partial charge in [0.15, 0.2) is 11.6 Å². The second-order valence-electron chi connectivity index (χ2n) is 7.67. The van der Waals surface area contributed by atoms with Gasteiger partial charge in [-0.3, -0.25) is 9.67 Å². The summed E-state index contributed by atoms with van der Waals surface area (Å²) in [5.41, 5.74) is 4.40. The summed E-state index contributed by atoms with van der Waals surface area (Å²) < 4.78 is 13.1. The predicted octanol–water partition coefficient (Wildman–Crippen LogP) is 3.53. The van der Waals surface area contributed by atoms with Crippen molar-refractivity contribution < 1.29 is 9.47 Å². The van der Waals surface area contributed by atoms with Gasteiger partial charge in [-0.05, 0) is 24.3 Å². The molecule has 4 aromatic rings. The van der Waals surface area contributed by atoms with Crippen LogP contribution in [0.5, 0.6) is 5.75 Å². The van der Waals surface area contributed by atoms with Crippen LogP contribution in [0.2, 0.25) is 0 Å². The van der Waals surface area contributed by atoms with E-state index in [-0.39, 0.29) is 0 Å². The van der Waals surface area contributed by atoms with E-state index in [1.54, 1.807) is 24.2 Å². The van der Waals surface area contributed by atoms with Crippen molar-refractivity contribution in [2.45, 2.75) is 0 Å². The van der Waals surface area contributed by atoms with E-state index in [0.717, 1.165) is 35.6 Å². The molecule has 0 radical (unpaired) electrons. The van der Waals surface area contributed by atoms with Crippen molar-refractivity contribution in [2.24, 2.45) is 7.05 Å². The van der Waals surface area contributed by atoms with Crippen LogP contribution in [0.15, 0.2) is 61.1 Å². The zero-order valence-corrected chi connectivity index (χ0v) is 18.6. The highest BCUT2D eigenvalue weighted by atomic mass is 16.5. The van der Waals surface area contributed by atoms with Gasteiger partial charge in [0.05, 0.1) is 26.0 Å². The van der Waals surface area contributed by atoms with E-state index in [1.165, 1.54) is 0 Å². The summed E-state index contributed by atoms with van der Waals surface area (Å²) in [7, 11) is 3.55. The Morgan fingerprint density at radius 1 is 1.00 bits per heavy atom. The SMILES string of the molecule is COc1c(Nc2ccncc2)nc(N2CCOCC2)nc1-c1cccc(-c2ccn(C)n2)c1. The van der Waals surface area contributed by atoms with Crippen molar-refractivity contribution >= 4 is 17.5 Å². The molecule has 0 saturated carbocycles. The molecule has 0 bridgehead atoms. The summed E-state index contributed by atoms with van der Waals surface area (Å²) in [5, 5.41) is 7.91. The largest absolute Gasteiger partial charge is 0.491 e. The first kappa shape index (κ1) is 20.9. The maximum absolute atomic E-state index is 5.83. The number of anilines is 3. The molecule has 0 amide bonds. The van der Waals surface area contributed by atoms with Crippen LogP contribution in [0.1, 0.15) is 0 Å². The highest BCUT2D eigenvalue weighted by Gasteiger charge is 2.22. The first-order valence-electron chi connectivity index (χ1n) is 10.8. The number of pyridine rings is 1. The van der Waals surface area contributed by atoms with Gasteiger partial charge in [0.1, 0.15) is 5.69 Å². The fourth-order valence-corrected chi connectivity index (χ4v) is 3.78. The minimum atomic E-state index is 0.571. The third kappa shape index (κ3) is 4.49. The zero-order valence-electron chi connectivity index (χ0n) is 18.6. The van der Waals surface area contributed by atoms with Crippen molar-refractivity contribution in [3.05, 3.63) is 61.1 Å². The Balaban J connectivity index is 1.63. The van der Waals surface area contributed by atoms with Crippen LogP contribution in [0.3, 0.4) is 0 Å². The lowest BCUT2D eigenvalue weighted by Crippen LogP contribution is -2.37. The first-order chi connectivity index (χ1) is 16.2. The highest BCUT2D eigenvalue weighted by molar-refractivity contribution is 5.79. The molecule has 0 spiro atoms. The molecule has 1 fully saturated rings. The Hall–Kier alpha value is -3.98. The second kappa shape index (κ2) is 9.25. The molecular formula is C24H25N7O2. The Morgan fingerprint density at radius 2 is 1.79 bits per heavy atom. The second-order valence-corrected chi connectivity index (χ2v) is 7.67. The lowest BCUT2D eigenvalue weighted by molar-refractivity contribution is 0.122. The van der Waals surface area contributed by atoms with Crippen molar-refractivity contribution in [2.75, 3.05) is 43.6 Å². The number of hydrogen-bond acceptors (Lipinski definition) is 8. The molecule has 33 heavy (non-hydrogen) atoms. The zero-order chi connectivity index (χ0) is 22.6. The van der Waals surface area contributed by atoms with Crippen LogP contribution >= 0.6 is 0 Å². The number of nitrogens with one attached hydrogen (secondary N) is 1. The minimum absolute atomic E-state index is 0.571. The van der Waals surface area contributed by atoms with Crippen molar-refractivity contribution in [1.29, 1.82) is 0 Å². The quantitative estimate of drug-likeness (QED) is 0.484. The van der Waals surface area contributed by atoms with E-state index in [2.05, 4.69) is 26.4 Å². The first-order valence-corrected chi connectivity index (χ1v) is 10.8. The van der Waals surface area contributed by atoms with Crippen LogP contribution in [-0.2, 0) is 11.8 Å². The highest BCUT2D eigenvalue weighted by Crippen LogP contribution is 2.38. The van der Waals surface area contributed by atoms with Crippen LogP contribution in [-0.4, -0.2) is 58.1 Å². The number of methoxy groups -OCH3 is 1. The van der Waals surface area contributed by atoms with Crippen LogP contribution in [0, 0.1) is 0 Å². The maximum Gasteiger partial charge on any atom is 0.228 e. The summed E-state index contributed by atoms with van der Waals surface area (Å²) >= 11 is 0. The molecule has 1 aromatic carbocycles. The fraction of sp³-hybridized carbons (Fsp3) is 0.250. The van der Waals surface area contributed by atoms with Gasteiger partial charge in [-0.25, -0.2) is 4.98 Å². The number of aromatic nitrogens is 5. The van der Waals surface area contributed by atoms with Crippen LogP contribution in [0.4, 0.5) is 17.5 Å². The van der Waals surface area contributed by atoms with Gasteiger partial charge in [0.25, 0.3) is 0 Å². The van der Waals surface area contributed by atoms with Gasteiger partial charge in [-0.15, -0.1) is 0 Å². The standard InChI is InChI=1S/C24H25N7O2/c1-30-11-8-20(29-30)17-4-3-5-18(16-17)21-22(32-2)23(26-19-6-9-25-10-7-19)28-24(27-21)31-12-14-33-15-13-31/h3-11,16H,12-15H2,1-2H3,(H,25,26,27,28). The van der Waals surface area contributed by atoms with Crippen molar-refractivity contribution in [3.8, 4) is 28.3 Å². The molecule has 0 atom stereocenters. The number of ether oxygens (including phenoxy) is 2. The van der Waals surface area contributed by atoms with E-state index in [9.17, 15) is 0 Å². The average Bonchev–Trinajstić information content (AvgIpc) is 3.31. The third-order valence-electron chi connectivity index (χ3n) is 5.44. The van der Waals surface area contributed by atoms with E-state index >= 15 is 0 Å². The van der Waals surface area contributed by atoms with E-state index < -0.39 is 0 Å². The predicted molar refractivity (Wildman–Crippen MR) is 127 cm³/mol. The molecule has 1 saturated heterocycles. The molecule has 9 heteroatoms. The summed E-state index contributed by atoms with van der Waals surface area (Å²) in [5.74, 6) is 1.80. The van der Waals surface area contributed by atoms with E-state index in [0.29, 0.717) is 36.4 Å². The Kier molecular flexibility index (Phi) is 5.86. The summed E-state index contributed by atoms with van der Waals surface area (Å²) in [4.78, 5) is 16.0. The van der Waals surface area contributed by atoms with Gasteiger partial charge >= 0.3 is 0 Å². The van der Waals surface area contributed by atoms with Crippen molar-refractivity contribution in [1.82, 2.24) is 24.7 Å². The molecule has 9 nitrogen and oxygen atoms in total. The summed E-state index contributed by atoms with van der Waals surface area (Å²) in [6.07, 6.45) is 5.40. The number of benzene rings is 1. The Labute approximate surface area is 192 Å². The number of aryl methyl sites for hydroxylation is 1. The monoisotopic (exact) mass is 443 g/mol. The number of morpholine rings is 1. The smallest absolute Gasteiger partial charge is 0.228 e. The maximum atomic E-state index is 5.83. The van der Waals surface area contributed by atoms with Crippen LogP contribution in [0.25, 0.3) is 22.5 Å². The molecule has 1 N–H and O–H groups in total. The molecule has 168 valence electrons. The van der Waals surface area contributed by atoms with Crippen LogP contribution < -0.4 is 15.0 Å². The number of nitrogens with zero attached hydrogens (tertiary/aromatic N) is 6. The summed E-state index contributed by atoms with van der Waals surface area (Å²) in [6, 6.07) is 13.9. The third-order valence-corrected chi connectivity index (χ3v) is 5.44. The molecule has 0 aliphatic carbocycles. The molecule has 1 aliphatic heterocycles. The molecule has 0 unspecified atom stereocenters. The normalized spacial score (nSPS) is 13.7. The number of hydrogen-bond donors (Lipinski definition) is 1. The summed E-state index contributed by atoms with van der Waals surface area (Å²) in [6.45, 7) is 2.75. The fourth-order valence-electron chi connectivity index (χ4n) is 3.78. The minimum Gasteiger partial charge on any atom is -0.491 e. The molecule has 4 heterocycles. The molecule has 5 rings (SSSR count). The molecule has 1 aliphatic rings. The number of rotatable bonds is 6. The molecule has 3 aromatic heterocycles. The Morgan fingerprint density at radius 3 is 2.52 bits per heavy atom. The topological polar surface area (TPSA) is 90.2 Å². The van der Waals surface area contributed by atoms with Gasteiger partial charge in [0.2, 0.25) is 5.95 Å². The Bertz CT molecular complexity index is 1240. The lowest BCUT2D eigenvalue weighted by atomic mass is 10.0. The lowest BCUT2D eigenvalue weighted by Gasteiger charge is -2.28. The van der Waals surface area contributed by atoms with Gasteiger partial charge < -0.3 is 19.7 Å². The van der Waals surface area contributed by atoms with Gasteiger partial charge in [-0.1, -0.05) is 18.2 Å². The average molecular weight is 444 g/mol. The van der Waals surface area contributed by atoms with Gasteiger partial charge in [-0.2, -0.15) is 10.1 Å².